The summed E-state index contributed by atoms with van der Waals surface area (Å²) in [6, 6.07) is 0.887. The summed E-state index contributed by atoms with van der Waals surface area (Å²) < 4.78 is 24.1. The monoisotopic (exact) mass is 392 g/mol. The molecule has 0 radical (unpaired) electrons. The molecule has 6 heteroatoms. The molecule has 0 fully saturated rings. The van der Waals surface area contributed by atoms with Gasteiger partial charge in [0.1, 0.15) is 0 Å². The third-order valence-electron chi connectivity index (χ3n) is 5.09. The average Bonchev–Trinajstić information content (AvgIpc) is 2.49. The van der Waals surface area contributed by atoms with Crippen LogP contribution in [0, 0.1) is 0 Å². The van der Waals surface area contributed by atoms with E-state index in [9.17, 15) is 0 Å². The van der Waals surface area contributed by atoms with Crippen molar-refractivity contribution in [2.45, 2.75) is 91.0 Å². The van der Waals surface area contributed by atoms with E-state index >= 15 is 0 Å². The molecule has 0 spiro atoms. The summed E-state index contributed by atoms with van der Waals surface area (Å²) in [5.41, 5.74) is 1.91. The van der Waals surface area contributed by atoms with Crippen LogP contribution in [0.15, 0.2) is 0 Å². The van der Waals surface area contributed by atoms with Gasteiger partial charge >= 0.3 is 8.56 Å². The van der Waals surface area contributed by atoms with Crippen molar-refractivity contribution in [1.29, 1.82) is 0 Å². The van der Waals surface area contributed by atoms with Crippen molar-refractivity contribution in [3.63, 3.8) is 0 Å². The first-order valence-electron chi connectivity index (χ1n) is 10.2. The van der Waals surface area contributed by atoms with Crippen LogP contribution in [0.4, 0.5) is 0 Å². The van der Waals surface area contributed by atoms with Crippen LogP contribution in [-0.4, -0.2) is 49.9 Å². The molecule has 0 aromatic rings. The van der Waals surface area contributed by atoms with Gasteiger partial charge in [-0.15, -0.1) is 0 Å². The van der Waals surface area contributed by atoms with E-state index < -0.39 is 16.9 Å². The zero-order valence-corrected chi connectivity index (χ0v) is 20.3. The molecule has 0 atom stereocenters. The fraction of sp³-hybridized carbons (Fsp3) is 1.00. The van der Waals surface area contributed by atoms with Crippen molar-refractivity contribution in [3.8, 4) is 0 Å². The maximum Gasteiger partial charge on any atom is 0.337 e. The molecule has 0 aromatic heterocycles. The zero-order valence-electron chi connectivity index (χ0n) is 18.3. The topological polar surface area (TPSA) is 36.9 Å². The van der Waals surface area contributed by atoms with Crippen LogP contribution in [0.1, 0.15) is 61.8 Å². The summed E-state index contributed by atoms with van der Waals surface area (Å²) in [5.74, 6) is 0. The molecule has 0 saturated heterocycles. The van der Waals surface area contributed by atoms with Crippen LogP contribution < -0.4 is 0 Å². The van der Waals surface area contributed by atoms with Gasteiger partial charge in [0, 0.05) is 39.1 Å². The summed E-state index contributed by atoms with van der Waals surface area (Å²) in [5, 5.41) is 0. The highest BCUT2D eigenvalue weighted by atomic mass is 28.4. The number of hydrogen-bond acceptors (Lipinski definition) is 4. The smallest absolute Gasteiger partial charge is 0.337 e. The van der Waals surface area contributed by atoms with E-state index in [0.29, 0.717) is 36.4 Å². The Bertz CT molecular complexity index is 308. The molecular formula is C19H44O4Si2. The molecule has 0 aromatic carbocycles. The van der Waals surface area contributed by atoms with Gasteiger partial charge in [0.25, 0.3) is 0 Å². The second kappa shape index (κ2) is 12.6. The van der Waals surface area contributed by atoms with Gasteiger partial charge in [0.05, 0.1) is 0 Å². The van der Waals surface area contributed by atoms with E-state index in [1.54, 1.807) is 0 Å². The SMILES string of the molecule is CCO[Si](C)(CCOCCCO[Si](C(C)C)(C(C)C)C(C)C)OCC. The molecule has 0 aliphatic rings. The molecule has 0 unspecified atom stereocenters. The predicted molar refractivity (Wildman–Crippen MR) is 112 cm³/mol. The normalized spacial score (nSPS) is 13.4. The molecule has 0 bridgehead atoms. The molecule has 152 valence electrons. The van der Waals surface area contributed by atoms with E-state index in [1.807, 2.05) is 13.8 Å². The van der Waals surface area contributed by atoms with Crippen molar-refractivity contribution in [1.82, 2.24) is 0 Å². The molecule has 0 N–H and O–H groups in total. The van der Waals surface area contributed by atoms with Crippen molar-refractivity contribution in [3.05, 3.63) is 0 Å². The van der Waals surface area contributed by atoms with Gasteiger partial charge in [-0.3, -0.25) is 0 Å². The van der Waals surface area contributed by atoms with E-state index in [2.05, 4.69) is 48.1 Å². The van der Waals surface area contributed by atoms with Crippen LogP contribution in [0.5, 0.6) is 0 Å². The third kappa shape index (κ3) is 8.22. The minimum atomic E-state index is -2.04. The number of rotatable bonds is 15. The molecule has 0 saturated carbocycles. The highest BCUT2D eigenvalue weighted by Gasteiger charge is 2.44. The first kappa shape index (κ1) is 25.3. The number of ether oxygens (including phenoxy) is 1. The highest BCUT2D eigenvalue weighted by molar-refractivity contribution is 6.77. The summed E-state index contributed by atoms with van der Waals surface area (Å²) in [6.07, 6.45) is 0.961. The molecule has 0 amide bonds. The van der Waals surface area contributed by atoms with Crippen molar-refractivity contribution < 1.29 is 18.0 Å². The van der Waals surface area contributed by atoms with Crippen molar-refractivity contribution in [2.24, 2.45) is 0 Å². The van der Waals surface area contributed by atoms with Crippen molar-refractivity contribution >= 4 is 16.9 Å². The Labute approximate surface area is 159 Å². The maximum absolute atomic E-state index is 6.56. The Hall–Kier alpha value is 0.274. The van der Waals surface area contributed by atoms with E-state index in [4.69, 9.17) is 18.0 Å². The van der Waals surface area contributed by atoms with Crippen molar-refractivity contribution in [2.75, 3.05) is 33.0 Å². The largest absolute Gasteiger partial charge is 0.416 e. The maximum atomic E-state index is 6.56. The minimum absolute atomic E-state index is 0.637. The lowest BCUT2D eigenvalue weighted by Gasteiger charge is -2.42. The van der Waals surface area contributed by atoms with Gasteiger partial charge in [-0.25, -0.2) is 0 Å². The molecule has 0 aliphatic heterocycles. The summed E-state index contributed by atoms with van der Waals surface area (Å²) in [6.45, 7) is 23.8. The second-order valence-corrected chi connectivity index (χ2v) is 16.7. The first-order valence-corrected chi connectivity index (χ1v) is 14.8. The second-order valence-electron chi connectivity index (χ2n) is 7.88. The average molecular weight is 393 g/mol. The first-order chi connectivity index (χ1) is 11.7. The Morgan fingerprint density at radius 2 is 1.16 bits per heavy atom. The summed E-state index contributed by atoms with van der Waals surface area (Å²) in [7, 11) is -3.78. The minimum Gasteiger partial charge on any atom is -0.416 e. The van der Waals surface area contributed by atoms with Crippen LogP contribution in [0.25, 0.3) is 0 Å². The van der Waals surface area contributed by atoms with Gasteiger partial charge in [-0.1, -0.05) is 41.5 Å². The van der Waals surface area contributed by atoms with Gasteiger partial charge in [-0.2, -0.15) is 0 Å². The molecule has 4 nitrogen and oxygen atoms in total. The standard InChI is InChI=1S/C19H44O4Si2/c1-10-21-24(9,22-11-2)16-15-20-13-12-14-23-25(17(3)4,18(5)6)19(7)8/h17-19H,10-16H2,1-9H3. The molecule has 25 heavy (non-hydrogen) atoms. The molecule has 0 heterocycles. The van der Waals surface area contributed by atoms with E-state index in [-0.39, 0.29) is 0 Å². The Kier molecular flexibility index (Phi) is 12.8. The van der Waals surface area contributed by atoms with Crippen LogP contribution >= 0.6 is 0 Å². The molecule has 0 aliphatic carbocycles. The van der Waals surface area contributed by atoms with Crippen LogP contribution in [0.2, 0.25) is 29.2 Å². The predicted octanol–water partition coefficient (Wildman–Crippen LogP) is 5.73. The molecular weight excluding hydrogens is 348 g/mol. The van der Waals surface area contributed by atoms with Gasteiger partial charge in [0.15, 0.2) is 8.32 Å². The zero-order chi connectivity index (χ0) is 19.5. The fourth-order valence-corrected chi connectivity index (χ4v) is 11.7. The lowest BCUT2D eigenvalue weighted by Crippen LogP contribution is -2.48. The van der Waals surface area contributed by atoms with E-state index in [1.165, 1.54) is 0 Å². The summed E-state index contributed by atoms with van der Waals surface area (Å²) >= 11 is 0. The third-order valence-corrected chi connectivity index (χ3v) is 14.1. The lowest BCUT2D eigenvalue weighted by atomic mass is 10.5. The Morgan fingerprint density at radius 1 is 0.680 bits per heavy atom. The quantitative estimate of drug-likeness (QED) is 0.263. The van der Waals surface area contributed by atoms with Crippen LogP contribution in [0.3, 0.4) is 0 Å². The molecule has 0 rings (SSSR count). The van der Waals surface area contributed by atoms with Gasteiger partial charge in [-0.05, 0) is 43.4 Å². The Balaban J connectivity index is 4.20. The lowest BCUT2D eigenvalue weighted by molar-refractivity contribution is 0.114. The van der Waals surface area contributed by atoms with Gasteiger partial charge < -0.3 is 18.0 Å². The number of hydrogen-bond donors (Lipinski definition) is 0. The van der Waals surface area contributed by atoms with E-state index in [0.717, 1.165) is 25.7 Å². The highest BCUT2D eigenvalue weighted by Crippen LogP contribution is 2.42. The summed E-state index contributed by atoms with van der Waals surface area (Å²) in [4.78, 5) is 0. The van der Waals surface area contributed by atoms with Gasteiger partial charge in [0.2, 0.25) is 0 Å². The van der Waals surface area contributed by atoms with Crippen LogP contribution in [-0.2, 0) is 18.0 Å². The Morgan fingerprint density at radius 3 is 1.56 bits per heavy atom. The fourth-order valence-electron chi connectivity index (χ4n) is 4.07.